The Labute approximate surface area is 174 Å². The first-order chi connectivity index (χ1) is 14.8. The molecule has 160 valence electrons. The van der Waals surface area contributed by atoms with E-state index >= 15 is 0 Å². The van der Waals surface area contributed by atoms with Gasteiger partial charge in [0.05, 0.1) is 26.4 Å². The third-order valence-corrected chi connectivity index (χ3v) is 4.15. The molecule has 0 unspecified atom stereocenters. The van der Waals surface area contributed by atoms with Gasteiger partial charge in [-0.2, -0.15) is 0 Å². The molecule has 8 nitrogen and oxygen atoms in total. The van der Waals surface area contributed by atoms with Gasteiger partial charge < -0.3 is 28.4 Å². The molecule has 3 rings (SSSR count). The van der Waals surface area contributed by atoms with Crippen LogP contribution in [0.25, 0.3) is 0 Å². The molecular weight excluding hydrogens is 392 g/mol. The topological polar surface area (TPSA) is 89.5 Å². The van der Waals surface area contributed by atoms with Crippen LogP contribution in [0, 0.1) is 0 Å². The molecule has 0 aromatic heterocycles. The molecule has 0 amide bonds. The van der Waals surface area contributed by atoms with Crippen LogP contribution < -0.4 is 18.9 Å². The van der Waals surface area contributed by atoms with Crippen molar-refractivity contribution < 1.29 is 38.0 Å². The normalized spacial score (nSPS) is 16.0. The predicted molar refractivity (Wildman–Crippen MR) is 107 cm³/mol. The van der Waals surface area contributed by atoms with Crippen LogP contribution in [0.15, 0.2) is 36.4 Å². The van der Waals surface area contributed by atoms with E-state index in [1.165, 1.54) is 0 Å². The minimum atomic E-state index is 0.289. The SMILES string of the molecule is O=Cc1ccc2c(c1)OCCOCCOc1ccc(C=O)cc1OCCOCCO2. The largest absolute Gasteiger partial charge is 0.487 e. The molecule has 0 radical (unpaired) electrons. The molecule has 1 heterocycles. The maximum atomic E-state index is 11.0. The Kier molecular flexibility index (Phi) is 8.49. The first-order valence-corrected chi connectivity index (χ1v) is 9.65. The lowest BCUT2D eigenvalue weighted by atomic mass is 10.2. The molecule has 2 aromatic rings. The second-order valence-electron chi connectivity index (χ2n) is 6.27. The van der Waals surface area contributed by atoms with Gasteiger partial charge in [-0.1, -0.05) is 0 Å². The predicted octanol–water partition coefficient (Wildman–Crippen LogP) is 2.57. The lowest BCUT2D eigenvalue weighted by Gasteiger charge is -2.16. The maximum absolute atomic E-state index is 11.0. The Morgan fingerprint density at radius 2 is 0.867 bits per heavy atom. The summed E-state index contributed by atoms with van der Waals surface area (Å²) in [5.74, 6) is 2.01. The number of rotatable bonds is 2. The Hall–Kier alpha value is -3.10. The third kappa shape index (κ3) is 6.47. The van der Waals surface area contributed by atoms with Crippen molar-refractivity contribution in [2.45, 2.75) is 0 Å². The number of fused-ring (bicyclic) bond motifs is 2. The Bertz CT molecular complexity index is 766. The van der Waals surface area contributed by atoms with Gasteiger partial charge in [-0.15, -0.1) is 0 Å². The van der Waals surface area contributed by atoms with E-state index in [-0.39, 0.29) is 13.2 Å². The molecule has 0 fully saturated rings. The Balaban J connectivity index is 1.62. The van der Waals surface area contributed by atoms with Gasteiger partial charge in [0.2, 0.25) is 0 Å². The smallest absolute Gasteiger partial charge is 0.162 e. The second-order valence-corrected chi connectivity index (χ2v) is 6.27. The van der Waals surface area contributed by atoms with E-state index in [2.05, 4.69) is 0 Å². The van der Waals surface area contributed by atoms with Crippen molar-refractivity contribution in [3.05, 3.63) is 47.5 Å². The number of ether oxygens (including phenoxy) is 6. The van der Waals surface area contributed by atoms with Crippen LogP contribution in [0.3, 0.4) is 0 Å². The van der Waals surface area contributed by atoms with Gasteiger partial charge in [0.25, 0.3) is 0 Å². The maximum Gasteiger partial charge on any atom is 0.162 e. The van der Waals surface area contributed by atoms with E-state index in [1.54, 1.807) is 36.4 Å². The van der Waals surface area contributed by atoms with Crippen molar-refractivity contribution >= 4 is 12.6 Å². The zero-order valence-corrected chi connectivity index (χ0v) is 16.5. The highest BCUT2D eigenvalue weighted by Crippen LogP contribution is 2.29. The summed E-state index contributed by atoms with van der Waals surface area (Å²) in [6.45, 7) is 2.56. The zero-order chi connectivity index (χ0) is 21.0. The minimum Gasteiger partial charge on any atom is -0.487 e. The number of hydrogen-bond donors (Lipinski definition) is 0. The summed E-state index contributed by atoms with van der Waals surface area (Å²) in [6, 6.07) is 9.96. The first-order valence-electron chi connectivity index (χ1n) is 9.65. The molecular formula is C22H24O8. The first kappa shape index (κ1) is 21.6. The Morgan fingerprint density at radius 1 is 0.500 bits per heavy atom. The highest BCUT2D eigenvalue weighted by Gasteiger charge is 2.09. The highest BCUT2D eigenvalue weighted by atomic mass is 16.6. The van der Waals surface area contributed by atoms with Crippen LogP contribution in [0.4, 0.5) is 0 Å². The summed E-state index contributed by atoms with van der Waals surface area (Å²) in [6.07, 6.45) is 1.50. The monoisotopic (exact) mass is 416 g/mol. The van der Waals surface area contributed by atoms with E-state index in [1.807, 2.05) is 0 Å². The number of carbonyl (C=O) groups is 2. The van der Waals surface area contributed by atoms with Crippen LogP contribution >= 0.6 is 0 Å². The lowest BCUT2D eigenvalue weighted by Crippen LogP contribution is -2.15. The van der Waals surface area contributed by atoms with Gasteiger partial charge in [0, 0.05) is 11.1 Å². The Morgan fingerprint density at radius 3 is 1.23 bits per heavy atom. The third-order valence-electron chi connectivity index (χ3n) is 4.15. The standard InChI is InChI=1S/C22H24O8/c23-15-17-1-3-19-21(13-17)29-11-7-26-6-10-28-20-4-2-18(16-24)14-22(20)30-12-8-25-5-9-27-19/h1-4,13-16H,5-12H2. The van der Waals surface area contributed by atoms with Gasteiger partial charge in [0.1, 0.15) is 39.0 Å². The molecule has 1 aliphatic rings. The molecule has 0 saturated heterocycles. The molecule has 2 aromatic carbocycles. The average Bonchev–Trinajstić information content (AvgIpc) is 2.78. The highest BCUT2D eigenvalue weighted by molar-refractivity contribution is 5.77. The molecule has 0 aliphatic carbocycles. The molecule has 0 bridgehead atoms. The fourth-order valence-corrected chi connectivity index (χ4v) is 2.71. The summed E-state index contributed by atoms with van der Waals surface area (Å²) in [5, 5.41) is 0. The van der Waals surface area contributed by atoms with Crippen LogP contribution in [-0.2, 0) is 9.47 Å². The molecule has 0 spiro atoms. The molecule has 0 atom stereocenters. The number of aldehydes is 2. The van der Waals surface area contributed by atoms with Crippen molar-refractivity contribution in [1.29, 1.82) is 0 Å². The van der Waals surface area contributed by atoms with Crippen LogP contribution in [0.1, 0.15) is 20.7 Å². The fraction of sp³-hybridized carbons (Fsp3) is 0.364. The van der Waals surface area contributed by atoms with E-state index in [0.717, 1.165) is 12.6 Å². The minimum absolute atomic E-state index is 0.289. The van der Waals surface area contributed by atoms with Crippen LogP contribution in [-0.4, -0.2) is 65.4 Å². The summed E-state index contributed by atoms with van der Waals surface area (Å²) in [5.41, 5.74) is 0.997. The molecule has 30 heavy (non-hydrogen) atoms. The van der Waals surface area contributed by atoms with Crippen molar-refractivity contribution in [3.8, 4) is 23.0 Å². The molecule has 1 aliphatic heterocycles. The van der Waals surface area contributed by atoms with Crippen molar-refractivity contribution in [1.82, 2.24) is 0 Å². The average molecular weight is 416 g/mol. The van der Waals surface area contributed by atoms with Crippen molar-refractivity contribution in [3.63, 3.8) is 0 Å². The van der Waals surface area contributed by atoms with Crippen LogP contribution in [0.5, 0.6) is 23.0 Å². The lowest BCUT2D eigenvalue weighted by molar-refractivity contribution is 0.0639. The van der Waals surface area contributed by atoms with Crippen LogP contribution in [0.2, 0.25) is 0 Å². The zero-order valence-electron chi connectivity index (χ0n) is 16.5. The molecule has 8 heteroatoms. The van der Waals surface area contributed by atoms with E-state index < -0.39 is 0 Å². The van der Waals surface area contributed by atoms with E-state index in [0.29, 0.717) is 73.8 Å². The summed E-state index contributed by atoms with van der Waals surface area (Å²) >= 11 is 0. The van der Waals surface area contributed by atoms with E-state index in [9.17, 15) is 9.59 Å². The molecule has 0 N–H and O–H groups in total. The number of hydrogen-bond acceptors (Lipinski definition) is 8. The summed E-state index contributed by atoms with van der Waals surface area (Å²) < 4.78 is 33.9. The van der Waals surface area contributed by atoms with Gasteiger partial charge in [-0.05, 0) is 36.4 Å². The van der Waals surface area contributed by atoms with Gasteiger partial charge >= 0.3 is 0 Å². The second kappa shape index (κ2) is 11.8. The number of benzene rings is 2. The fourth-order valence-electron chi connectivity index (χ4n) is 2.71. The van der Waals surface area contributed by atoms with Gasteiger partial charge in [0.15, 0.2) is 23.0 Å². The van der Waals surface area contributed by atoms with Crippen molar-refractivity contribution in [2.75, 3.05) is 52.9 Å². The van der Waals surface area contributed by atoms with Gasteiger partial charge in [-0.25, -0.2) is 0 Å². The van der Waals surface area contributed by atoms with Gasteiger partial charge in [-0.3, -0.25) is 9.59 Å². The quantitative estimate of drug-likeness (QED) is 0.690. The van der Waals surface area contributed by atoms with Crippen molar-refractivity contribution in [2.24, 2.45) is 0 Å². The van der Waals surface area contributed by atoms with E-state index in [4.69, 9.17) is 28.4 Å². The number of carbonyl (C=O) groups excluding carboxylic acids is 2. The summed E-state index contributed by atoms with van der Waals surface area (Å²) in [4.78, 5) is 22.0. The summed E-state index contributed by atoms with van der Waals surface area (Å²) in [7, 11) is 0. The molecule has 0 saturated carbocycles.